The highest BCUT2D eigenvalue weighted by Gasteiger charge is 2.16. The van der Waals surface area contributed by atoms with Crippen molar-refractivity contribution in [2.75, 3.05) is 6.61 Å². The standard InChI is InChI=1S/C15H14N2O3/c1-3-17-9-12(15(19)20-4-2)14(18)11-7-10(8-16)5-6-13(11)17/h5-7,9H,3-4H2,1-2H3. The van der Waals surface area contributed by atoms with Gasteiger partial charge in [-0.2, -0.15) is 5.26 Å². The molecule has 1 aromatic carbocycles. The second kappa shape index (κ2) is 5.57. The summed E-state index contributed by atoms with van der Waals surface area (Å²) in [5.41, 5.74) is 0.680. The number of pyridine rings is 1. The zero-order chi connectivity index (χ0) is 14.7. The number of aryl methyl sites for hydroxylation is 1. The highest BCUT2D eigenvalue weighted by atomic mass is 16.5. The molecule has 0 radical (unpaired) electrons. The minimum absolute atomic E-state index is 0.00344. The molecule has 102 valence electrons. The first-order valence-corrected chi connectivity index (χ1v) is 6.36. The molecule has 0 unspecified atom stereocenters. The number of ether oxygens (including phenoxy) is 1. The van der Waals surface area contributed by atoms with Gasteiger partial charge in [0.05, 0.1) is 23.8 Å². The van der Waals surface area contributed by atoms with Gasteiger partial charge < -0.3 is 9.30 Å². The first-order valence-electron chi connectivity index (χ1n) is 6.36. The quantitative estimate of drug-likeness (QED) is 0.800. The molecule has 2 rings (SSSR count). The summed E-state index contributed by atoms with van der Waals surface area (Å²) in [4.78, 5) is 24.2. The number of hydrogen-bond donors (Lipinski definition) is 0. The number of aromatic nitrogens is 1. The topological polar surface area (TPSA) is 72.1 Å². The Morgan fingerprint density at radius 1 is 1.40 bits per heavy atom. The zero-order valence-corrected chi connectivity index (χ0v) is 11.3. The highest BCUT2D eigenvalue weighted by molar-refractivity contribution is 5.94. The highest BCUT2D eigenvalue weighted by Crippen LogP contribution is 2.14. The Bertz CT molecular complexity index is 769. The first-order chi connectivity index (χ1) is 9.62. The summed E-state index contributed by atoms with van der Waals surface area (Å²) in [6.07, 6.45) is 1.51. The second-order valence-corrected chi connectivity index (χ2v) is 4.22. The van der Waals surface area contributed by atoms with Crippen LogP contribution in [0.5, 0.6) is 0 Å². The summed E-state index contributed by atoms with van der Waals surface area (Å²) < 4.78 is 6.69. The third-order valence-electron chi connectivity index (χ3n) is 3.05. The molecular weight excluding hydrogens is 256 g/mol. The van der Waals surface area contributed by atoms with Gasteiger partial charge in [-0.15, -0.1) is 0 Å². The van der Waals surface area contributed by atoms with Crippen LogP contribution < -0.4 is 5.43 Å². The third-order valence-corrected chi connectivity index (χ3v) is 3.05. The number of hydrogen-bond acceptors (Lipinski definition) is 4. The van der Waals surface area contributed by atoms with E-state index < -0.39 is 11.4 Å². The fraction of sp³-hybridized carbons (Fsp3) is 0.267. The van der Waals surface area contributed by atoms with Gasteiger partial charge in [0.1, 0.15) is 5.56 Å². The molecule has 0 bridgehead atoms. The summed E-state index contributed by atoms with van der Waals surface area (Å²) in [6.45, 7) is 4.41. The van der Waals surface area contributed by atoms with E-state index in [2.05, 4.69) is 0 Å². The Morgan fingerprint density at radius 2 is 2.15 bits per heavy atom. The maximum atomic E-state index is 12.4. The maximum Gasteiger partial charge on any atom is 0.343 e. The van der Waals surface area contributed by atoms with E-state index in [0.29, 0.717) is 23.0 Å². The van der Waals surface area contributed by atoms with Gasteiger partial charge in [-0.25, -0.2) is 4.79 Å². The second-order valence-electron chi connectivity index (χ2n) is 4.22. The summed E-state index contributed by atoms with van der Waals surface area (Å²) in [5.74, 6) is -0.635. The molecule has 0 atom stereocenters. The van der Waals surface area contributed by atoms with Crippen LogP contribution in [0.25, 0.3) is 10.9 Å². The van der Waals surface area contributed by atoms with Crippen molar-refractivity contribution in [2.24, 2.45) is 0 Å². The molecule has 5 heteroatoms. The smallest absolute Gasteiger partial charge is 0.343 e. The van der Waals surface area contributed by atoms with E-state index in [1.165, 1.54) is 12.3 Å². The minimum Gasteiger partial charge on any atom is -0.462 e. The van der Waals surface area contributed by atoms with Crippen LogP contribution in [0.1, 0.15) is 29.8 Å². The molecule has 1 aromatic heterocycles. The van der Waals surface area contributed by atoms with Crippen LogP contribution in [0.3, 0.4) is 0 Å². The van der Waals surface area contributed by atoms with E-state index in [-0.39, 0.29) is 12.2 Å². The molecule has 0 aliphatic heterocycles. The summed E-state index contributed by atoms with van der Waals surface area (Å²) in [5, 5.41) is 9.28. The molecule has 0 amide bonds. The van der Waals surface area contributed by atoms with Gasteiger partial charge in [-0.1, -0.05) is 0 Å². The predicted molar refractivity (Wildman–Crippen MR) is 74.6 cm³/mol. The molecular formula is C15H14N2O3. The van der Waals surface area contributed by atoms with Gasteiger partial charge in [0.25, 0.3) is 0 Å². The molecule has 2 aromatic rings. The van der Waals surface area contributed by atoms with Gasteiger partial charge in [-0.05, 0) is 32.0 Å². The van der Waals surface area contributed by atoms with Crippen molar-refractivity contribution in [3.63, 3.8) is 0 Å². The Labute approximate surface area is 116 Å². The van der Waals surface area contributed by atoms with Crippen molar-refractivity contribution in [1.29, 1.82) is 5.26 Å². The van der Waals surface area contributed by atoms with E-state index in [1.54, 1.807) is 23.6 Å². The molecule has 0 aliphatic carbocycles. The lowest BCUT2D eigenvalue weighted by Gasteiger charge is -2.11. The van der Waals surface area contributed by atoms with Gasteiger partial charge >= 0.3 is 5.97 Å². The zero-order valence-electron chi connectivity index (χ0n) is 11.3. The number of rotatable bonds is 3. The van der Waals surface area contributed by atoms with E-state index in [1.807, 2.05) is 13.0 Å². The van der Waals surface area contributed by atoms with Crippen LogP contribution in [-0.4, -0.2) is 17.1 Å². The number of carbonyl (C=O) groups is 1. The lowest BCUT2D eigenvalue weighted by molar-refractivity contribution is 0.0524. The molecule has 20 heavy (non-hydrogen) atoms. The number of esters is 1. The lowest BCUT2D eigenvalue weighted by Crippen LogP contribution is -2.20. The van der Waals surface area contributed by atoms with Crippen molar-refractivity contribution < 1.29 is 9.53 Å². The average molecular weight is 270 g/mol. The molecule has 0 aliphatic rings. The van der Waals surface area contributed by atoms with Gasteiger partial charge in [0, 0.05) is 18.1 Å². The van der Waals surface area contributed by atoms with Gasteiger partial charge in [0.15, 0.2) is 0 Å². The molecule has 0 saturated heterocycles. The number of fused-ring (bicyclic) bond motifs is 1. The van der Waals surface area contributed by atoms with E-state index in [0.717, 1.165) is 0 Å². The molecule has 0 spiro atoms. The van der Waals surface area contributed by atoms with Crippen molar-refractivity contribution in [1.82, 2.24) is 4.57 Å². The van der Waals surface area contributed by atoms with E-state index in [4.69, 9.17) is 10.00 Å². The van der Waals surface area contributed by atoms with Crippen molar-refractivity contribution in [3.05, 3.63) is 45.7 Å². The summed E-state index contributed by atoms with van der Waals surface area (Å²) >= 11 is 0. The molecule has 1 heterocycles. The predicted octanol–water partition coefficient (Wildman–Crippen LogP) is 2.07. The van der Waals surface area contributed by atoms with Crippen molar-refractivity contribution in [3.8, 4) is 6.07 Å². The number of benzene rings is 1. The molecule has 5 nitrogen and oxygen atoms in total. The van der Waals surface area contributed by atoms with Gasteiger partial charge in [-0.3, -0.25) is 4.79 Å². The molecule has 0 saturated carbocycles. The van der Waals surface area contributed by atoms with Gasteiger partial charge in [0.2, 0.25) is 5.43 Å². The van der Waals surface area contributed by atoms with Crippen LogP contribution >= 0.6 is 0 Å². The lowest BCUT2D eigenvalue weighted by atomic mass is 10.1. The van der Waals surface area contributed by atoms with Crippen LogP contribution in [-0.2, 0) is 11.3 Å². The number of nitriles is 1. The van der Waals surface area contributed by atoms with Crippen LogP contribution in [0.4, 0.5) is 0 Å². The van der Waals surface area contributed by atoms with E-state index in [9.17, 15) is 9.59 Å². The monoisotopic (exact) mass is 270 g/mol. The van der Waals surface area contributed by atoms with Crippen molar-refractivity contribution >= 4 is 16.9 Å². The number of nitrogens with zero attached hydrogens (tertiary/aromatic N) is 2. The fourth-order valence-electron chi connectivity index (χ4n) is 2.08. The van der Waals surface area contributed by atoms with Crippen LogP contribution in [0, 0.1) is 11.3 Å². The fourth-order valence-corrected chi connectivity index (χ4v) is 2.08. The molecule has 0 fully saturated rings. The largest absolute Gasteiger partial charge is 0.462 e. The summed E-state index contributed by atoms with van der Waals surface area (Å²) in [7, 11) is 0. The third kappa shape index (κ3) is 2.28. The average Bonchev–Trinajstić information content (AvgIpc) is 2.47. The number of carbonyl (C=O) groups excluding carboxylic acids is 1. The SMILES string of the molecule is CCOC(=O)c1cn(CC)c2ccc(C#N)cc2c1=O. The van der Waals surface area contributed by atoms with Crippen LogP contribution in [0.15, 0.2) is 29.2 Å². The normalized spacial score (nSPS) is 10.2. The maximum absolute atomic E-state index is 12.4. The molecule has 0 N–H and O–H groups in total. The Hall–Kier alpha value is -2.61. The minimum atomic E-state index is -0.635. The van der Waals surface area contributed by atoms with Crippen LogP contribution in [0.2, 0.25) is 0 Å². The van der Waals surface area contributed by atoms with Crippen molar-refractivity contribution in [2.45, 2.75) is 20.4 Å². The first kappa shape index (κ1) is 13.8. The Kier molecular flexibility index (Phi) is 3.85. The Morgan fingerprint density at radius 3 is 2.75 bits per heavy atom. The summed E-state index contributed by atoms with van der Waals surface area (Å²) in [6, 6.07) is 6.87. The van der Waals surface area contributed by atoms with E-state index >= 15 is 0 Å². The Balaban J connectivity index is 2.79.